The van der Waals surface area contributed by atoms with Gasteiger partial charge in [-0.15, -0.1) is 0 Å². The number of aromatic hydroxyl groups is 1. The Labute approximate surface area is 99.7 Å². The van der Waals surface area contributed by atoms with Crippen molar-refractivity contribution in [1.82, 2.24) is 0 Å². The molecule has 0 bridgehead atoms. The summed E-state index contributed by atoms with van der Waals surface area (Å²) < 4.78 is 13.4. The van der Waals surface area contributed by atoms with E-state index in [2.05, 4.69) is 5.32 Å². The van der Waals surface area contributed by atoms with Crippen molar-refractivity contribution in [3.8, 4) is 5.75 Å². The van der Waals surface area contributed by atoms with E-state index in [9.17, 15) is 4.39 Å². The second kappa shape index (κ2) is 4.87. The summed E-state index contributed by atoms with van der Waals surface area (Å²) in [5, 5.41) is 12.2. The summed E-state index contributed by atoms with van der Waals surface area (Å²) in [6, 6.07) is 11.8. The Kier molecular flexibility index (Phi) is 3.28. The fraction of sp³-hybridized carbons (Fsp3) is 0.143. The van der Waals surface area contributed by atoms with Crippen molar-refractivity contribution in [2.45, 2.75) is 13.5 Å². The molecule has 2 aromatic carbocycles. The predicted octanol–water partition coefficient (Wildman–Crippen LogP) is 3.45. The van der Waals surface area contributed by atoms with E-state index in [-0.39, 0.29) is 11.6 Å². The third kappa shape index (κ3) is 2.97. The molecule has 0 aromatic heterocycles. The van der Waals surface area contributed by atoms with Gasteiger partial charge >= 0.3 is 0 Å². The number of hydrogen-bond donors (Lipinski definition) is 2. The summed E-state index contributed by atoms with van der Waals surface area (Å²) >= 11 is 0. The van der Waals surface area contributed by atoms with Crippen LogP contribution in [0, 0.1) is 12.7 Å². The first-order valence-corrected chi connectivity index (χ1v) is 5.43. The van der Waals surface area contributed by atoms with Crippen LogP contribution in [0.2, 0.25) is 0 Å². The highest BCUT2D eigenvalue weighted by molar-refractivity contribution is 5.47. The zero-order valence-corrected chi connectivity index (χ0v) is 9.57. The topological polar surface area (TPSA) is 32.3 Å². The second-order valence-corrected chi connectivity index (χ2v) is 4.00. The number of phenolic OH excluding ortho intramolecular Hbond substituents is 1. The Balaban J connectivity index is 2.07. The van der Waals surface area contributed by atoms with Gasteiger partial charge in [-0.25, -0.2) is 4.39 Å². The van der Waals surface area contributed by atoms with Crippen molar-refractivity contribution >= 4 is 5.69 Å². The van der Waals surface area contributed by atoms with Gasteiger partial charge in [-0.3, -0.25) is 0 Å². The van der Waals surface area contributed by atoms with Gasteiger partial charge in [-0.1, -0.05) is 18.2 Å². The van der Waals surface area contributed by atoms with Crippen molar-refractivity contribution in [3.05, 3.63) is 59.4 Å². The van der Waals surface area contributed by atoms with Crippen LogP contribution in [0.25, 0.3) is 0 Å². The van der Waals surface area contributed by atoms with Gasteiger partial charge < -0.3 is 10.4 Å². The molecule has 2 aromatic rings. The molecule has 0 unspecified atom stereocenters. The molecule has 0 saturated heterocycles. The van der Waals surface area contributed by atoms with Gasteiger partial charge in [0.25, 0.3) is 0 Å². The maximum atomic E-state index is 13.4. The minimum atomic E-state index is -0.255. The molecule has 2 N–H and O–H groups in total. The minimum Gasteiger partial charge on any atom is -0.508 e. The third-order valence-corrected chi connectivity index (χ3v) is 2.54. The third-order valence-electron chi connectivity index (χ3n) is 2.54. The predicted molar refractivity (Wildman–Crippen MR) is 66.6 cm³/mol. The van der Waals surface area contributed by atoms with E-state index < -0.39 is 0 Å². The molecule has 0 aliphatic carbocycles. The zero-order valence-electron chi connectivity index (χ0n) is 9.57. The monoisotopic (exact) mass is 231 g/mol. The fourth-order valence-corrected chi connectivity index (χ4v) is 1.59. The quantitative estimate of drug-likeness (QED) is 0.848. The van der Waals surface area contributed by atoms with Gasteiger partial charge in [0.1, 0.15) is 11.6 Å². The number of nitrogens with one attached hydrogen (secondary N) is 1. The Morgan fingerprint density at radius 2 is 1.82 bits per heavy atom. The Morgan fingerprint density at radius 1 is 1.12 bits per heavy atom. The van der Waals surface area contributed by atoms with Crippen molar-refractivity contribution < 1.29 is 9.50 Å². The lowest BCUT2D eigenvalue weighted by atomic mass is 10.2. The van der Waals surface area contributed by atoms with E-state index in [0.29, 0.717) is 12.2 Å². The normalized spacial score (nSPS) is 10.2. The number of rotatable bonds is 3. The number of phenols is 1. The van der Waals surface area contributed by atoms with Crippen molar-refractivity contribution in [3.63, 3.8) is 0 Å². The van der Waals surface area contributed by atoms with Gasteiger partial charge in [0.15, 0.2) is 0 Å². The molecule has 0 saturated carbocycles. The van der Waals surface area contributed by atoms with E-state index in [0.717, 1.165) is 11.1 Å². The molecule has 17 heavy (non-hydrogen) atoms. The van der Waals surface area contributed by atoms with Gasteiger partial charge in [0.2, 0.25) is 0 Å². The summed E-state index contributed by atoms with van der Waals surface area (Å²) in [6.45, 7) is 2.45. The summed E-state index contributed by atoms with van der Waals surface area (Å²) in [5.74, 6) is -0.0233. The highest BCUT2D eigenvalue weighted by Crippen LogP contribution is 2.17. The number of benzene rings is 2. The molecule has 2 nitrogen and oxygen atoms in total. The number of aryl methyl sites for hydroxylation is 1. The van der Waals surface area contributed by atoms with Gasteiger partial charge in [0.05, 0.1) is 5.69 Å². The Hall–Kier alpha value is -2.03. The summed E-state index contributed by atoms with van der Waals surface area (Å²) in [4.78, 5) is 0. The van der Waals surface area contributed by atoms with Crippen LogP contribution in [-0.2, 0) is 6.54 Å². The Bertz CT molecular complexity index is 508. The van der Waals surface area contributed by atoms with Crippen LogP contribution < -0.4 is 5.32 Å². The maximum absolute atomic E-state index is 13.4. The van der Waals surface area contributed by atoms with Crippen LogP contribution in [-0.4, -0.2) is 5.11 Å². The van der Waals surface area contributed by atoms with Crippen LogP contribution in [0.5, 0.6) is 5.75 Å². The number of halogens is 1. The van der Waals surface area contributed by atoms with Crippen LogP contribution in [0.4, 0.5) is 10.1 Å². The van der Waals surface area contributed by atoms with E-state index in [1.54, 1.807) is 36.4 Å². The van der Waals surface area contributed by atoms with Crippen LogP contribution in [0.3, 0.4) is 0 Å². The van der Waals surface area contributed by atoms with Crippen molar-refractivity contribution in [1.29, 1.82) is 0 Å². The summed E-state index contributed by atoms with van der Waals surface area (Å²) in [6.07, 6.45) is 0. The van der Waals surface area contributed by atoms with Crippen LogP contribution in [0.1, 0.15) is 11.1 Å². The lowest BCUT2D eigenvalue weighted by Crippen LogP contribution is -2.01. The van der Waals surface area contributed by atoms with E-state index in [1.807, 2.05) is 6.92 Å². The van der Waals surface area contributed by atoms with Crippen LogP contribution >= 0.6 is 0 Å². The number of anilines is 1. The van der Waals surface area contributed by atoms with Gasteiger partial charge in [0, 0.05) is 6.54 Å². The second-order valence-electron chi connectivity index (χ2n) is 4.00. The molecule has 88 valence electrons. The lowest BCUT2D eigenvalue weighted by Gasteiger charge is -2.08. The molecular formula is C14H14FNO. The first-order valence-electron chi connectivity index (χ1n) is 5.43. The average molecular weight is 231 g/mol. The number of hydrogen-bond acceptors (Lipinski definition) is 2. The molecule has 0 amide bonds. The molecule has 3 heteroatoms. The molecule has 2 rings (SSSR count). The molecule has 0 heterocycles. The first kappa shape index (κ1) is 11.5. The highest BCUT2D eigenvalue weighted by Gasteiger charge is 2.01. The fourth-order valence-electron chi connectivity index (χ4n) is 1.59. The van der Waals surface area contributed by atoms with E-state index in [4.69, 9.17) is 5.11 Å². The van der Waals surface area contributed by atoms with Gasteiger partial charge in [-0.05, 0) is 42.3 Å². The molecular weight excluding hydrogens is 217 g/mol. The standard InChI is InChI=1S/C14H14FNO/c1-10-2-7-13(15)14(8-10)16-9-11-3-5-12(17)6-4-11/h2-8,16-17H,9H2,1H3. The van der Waals surface area contributed by atoms with E-state index in [1.165, 1.54) is 6.07 Å². The molecule has 0 atom stereocenters. The largest absolute Gasteiger partial charge is 0.508 e. The maximum Gasteiger partial charge on any atom is 0.146 e. The minimum absolute atomic E-state index is 0.232. The molecule has 0 aliphatic heterocycles. The van der Waals surface area contributed by atoms with Gasteiger partial charge in [-0.2, -0.15) is 0 Å². The van der Waals surface area contributed by atoms with Crippen molar-refractivity contribution in [2.75, 3.05) is 5.32 Å². The molecule has 0 spiro atoms. The lowest BCUT2D eigenvalue weighted by molar-refractivity contribution is 0.475. The average Bonchev–Trinajstić information content (AvgIpc) is 2.32. The smallest absolute Gasteiger partial charge is 0.146 e. The molecule has 0 aliphatic rings. The zero-order chi connectivity index (χ0) is 12.3. The summed E-state index contributed by atoms with van der Waals surface area (Å²) in [5.41, 5.74) is 2.50. The van der Waals surface area contributed by atoms with Crippen molar-refractivity contribution in [2.24, 2.45) is 0 Å². The molecule has 0 radical (unpaired) electrons. The van der Waals surface area contributed by atoms with Crippen LogP contribution in [0.15, 0.2) is 42.5 Å². The first-order chi connectivity index (χ1) is 8.15. The highest BCUT2D eigenvalue weighted by atomic mass is 19.1. The Morgan fingerprint density at radius 3 is 2.53 bits per heavy atom. The van der Waals surface area contributed by atoms with E-state index >= 15 is 0 Å². The SMILES string of the molecule is Cc1ccc(F)c(NCc2ccc(O)cc2)c1. The molecule has 0 fully saturated rings. The summed E-state index contributed by atoms with van der Waals surface area (Å²) in [7, 11) is 0.